The predicted octanol–water partition coefficient (Wildman–Crippen LogP) is 6.18. The molecule has 3 aromatic rings. The lowest BCUT2D eigenvalue weighted by Crippen LogP contribution is -2.46. The lowest BCUT2D eigenvalue weighted by Gasteiger charge is -2.39. The standard InChI is InChI=1S/C35H40BrN3O3.ClH/c1-42-31-9-5-6-27(20-31)21-33(40)39-24-29(32(25-39)28-7-3-2-4-8-28)23-37-17-14-35(15-18-37)16-19-38(34(35)41)22-26-10-12-30(36)13-11-26;/h2-13,20,29,32H,14-19,21-25H2,1H3;1H. The van der Waals surface area contributed by atoms with E-state index < -0.39 is 0 Å². The number of rotatable bonds is 8. The van der Waals surface area contributed by atoms with Crippen LogP contribution in [0, 0.1) is 11.3 Å². The Bertz CT molecular complexity index is 1390. The van der Waals surface area contributed by atoms with Gasteiger partial charge in [0.1, 0.15) is 5.75 Å². The maximum atomic E-state index is 13.6. The molecule has 0 bridgehead atoms. The lowest BCUT2D eigenvalue weighted by atomic mass is 9.76. The number of benzene rings is 3. The van der Waals surface area contributed by atoms with Crippen LogP contribution in [0.3, 0.4) is 0 Å². The Balaban J connectivity index is 0.00000368. The van der Waals surface area contributed by atoms with Crippen LogP contribution in [0.2, 0.25) is 0 Å². The van der Waals surface area contributed by atoms with Crippen molar-refractivity contribution in [1.29, 1.82) is 0 Å². The van der Waals surface area contributed by atoms with Crippen molar-refractivity contribution in [2.24, 2.45) is 11.3 Å². The SMILES string of the molecule is COc1cccc(CC(=O)N2CC(CN3CCC4(CC3)CCN(Cc3ccc(Br)cc3)C4=O)C(c3ccccc3)C2)c1.Cl. The number of hydrogen-bond acceptors (Lipinski definition) is 4. The first kappa shape index (κ1) is 31.6. The number of piperidine rings is 1. The van der Waals surface area contributed by atoms with Crippen LogP contribution in [0.15, 0.2) is 83.3 Å². The molecule has 1 spiro atoms. The minimum Gasteiger partial charge on any atom is -0.497 e. The van der Waals surface area contributed by atoms with Crippen LogP contribution in [-0.4, -0.2) is 72.9 Å². The summed E-state index contributed by atoms with van der Waals surface area (Å²) in [6, 6.07) is 26.8. The molecule has 3 fully saturated rings. The van der Waals surface area contributed by atoms with Crippen LogP contribution in [0.25, 0.3) is 0 Å². The van der Waals surface area contributed by atoms with Gasteiger partial charge < -0.3 is 19.4 Å². The van der Waals surface area contributed by atoms with E-state index in [-0.39, 0.29) is 23.7 Å². The summed E-state index contributed by atoms with van der Waals surface area (Å²) in [7, 11) is 1.65. The predicted molar refractivity (Wildman–Crippen MR) is 175 cm³/mol. The highest BCUT2D eigenvalue weighted by Crippen LogP contribution is 2.43. The van der Waals surface area contributed by atoms with Crippen molar-refractivity contribution < 1.29 is 14.3 Å². The molecule has 0 aliphatic carbocycles. The van der Waals surface area contributed by atoms with Crippen molar-refractivity contribution in [2.75, 3.05) is 46.4 Å². The highest BCUT2D eigenvalue weighted by atomic mass is 79.9. The van der Waals surface area contributed by atoms with Crippen molar-refractivity contribution in [2.45, 2.75) is 38.1 Å². The first-order valence-corrected chi connectivity index (χ1v) is 15.9. The molecule has 3 heterocycles. The van der Waals surface area contributed by atoms with Crippen molar-refractivity contribution in [3.05, 3.63) is 100 Å². The molecule has 0 aromatic heterocycles. The van der Waals surface area contributed by atoms with Gasteiger partial charge in [-0.25, -0.2) is 0 Å². The minimum absolute atomic E-state index is 0. The van der Waals surface area contributed by atoms with Gasteiger partial charge in [0.25, 0.3) is 0 Å². The highest BCUT2D eigenvalue weighted by molar-refractivity contribution is 9.10. The molecule has 3 aliphatic heterocycles. The van der Waals surface area contributed by atoms with E-state index in [0.717, 1.165) is 74.3 Å². The van der Waals surface area contributed by atoms with E-state index in [2.05, 4.69) is 73.1 Å². The fraction of sp³-hybridized carbons (Fsp3) is 0.429. The second-order valence-corrected chi connectivity index (χ2v) is 13.2. The molecule has 0 N–H and O–H groups in total. The summed E-state index contributed by atoms with van der Waals surface area (Å²) in [5, 5.41) is 0. The average Bonchev–Trinajstić information content (AvgIpc) is 3.57. The van der Waals surface area contributed by atoms with Gasteiger partial charge in [0, 0.05) is 43.1 Å². The summed E-state index contributed by atoms with van der Waals surface area (Å²) in [4.78, 5) is 33.7. The van der Waals surface area contributed by atoms with Crippen molar-refractivity contribution >= 4 is 40.2 Å². The maximum Gasteiger partial charge on any atom is 0.229 e. The monoisotopic (exact) mass is 665 g/mol. The second-order valence-electron chi connectivity index (χ2n) is 12.3. The van der Waals surface area contributed by atoms with Gasteiger partial charge in [-0.15, -0.1) is 12.4 Å². The Morgan fingerprint density at radius 2 is 1.63 bits per heavy atom. The summed E-state index contributed by atoms with van der Waals surface area (Å²) >= 11 is 3.50. The van der Waals surface area contributed by atoms with Gasteiger partial charge in [-0.3, -0.25) is 9.59 Å². The van der Waals surface area contributed by atoms with Crippen LogP contribution >= 0.6 is 28.3 Å². The lowest BCUT2D eigenvalue weighted by molar-refractivity contribution is -0.139. The van der Waals surface area contributed by atoms with Gasteiger partial charge in [-0.05, 0) is 79.2 Å². The fourth-order valence-corrected chi connectivity index (χ4v) is 7.48. The van der Waals surface area contributed by atoms with Crippen LogP contribution in [0.4, 0.5) is 0 Å². The molecule has 6 rings (SSSR count). The molecular formula is C35H41BrClN3O3. The molecule has 0 saturated carbocycles. The second kappa shape index (κ2) is 13.8. The molecule has 2 atom stereocenters. The Hall–Kier alpha value is -2.87. The van der Waals surface area contributed by atoms with Gasteiger partial charge in [0.2, 0.25) is 11.8 Å². The summed E-state index contributed by atoms with van der Waals surface area (Å²) < 4.78 is 6.42. The van der Waals surface area contributed by atoms with Gasteiger partial charge in [-0.2, -0.15) is 0 Å². The van der Waals surface area contributed by atoms with Gasteiger partial charge in [-0.1, -0.05) is 70.5 Å². The van der Waals surface area contributed by atoms with E-state index in [4.69, 9.17) is 4.74 Å². The minimum atomic E-state index is -0.209. The van der Waals surface area contributed by atoms with Crippen LogP contribution < -0.4 is 4.74 Å². The number of carbonyl (C=O) groups excluding carboxylic acids is 2. The normalized spacial score (nSPS) is 21.7. The number of halogens is 2. The van der Waals surface area contributed by atoms with Crippen molar-refractivity contribution in [1.82, 2.24) is 14.7 Å². The van der Waals surface area contributed by atoms with Gasteiger partial charge in [0.05, 0.1) is 18.9 Å². The van der Waals surface area contributed by atoms with Crippen LogP contribution in [0.5, 0.6) is 5.75 Å². The molecule has 0 radical (unpaired) electrons. The first-order valence-electron chi connectivity index (χ1n) is 15.1. The van der Waals surface area contributed by atoms with Crippen LogP contribution in [0.1, 0.15) is 41.9 Å². The smallest absolute Gasteiger partial charge is 0.229 e. The number of amides is 2. The largest absolute Gasteiger partial charge is 0.497 e. The molecule has 2 unspecified atom stereocenters. The zero-order chi connectivity index (χ0) is 29.1. The van der Waals surface area contributed by atoms with E-state index in [1.807, 2.05) is 36.4 Å². The third-order valence-electron chi connectivity index (χ3n) is 9.70. The molecule has 43 heavy (non-hydrogen) atoms. The first-order chi connectivity index (χ1) is 20.4. The molecule has 3 aromatic carbocycles. The zero-order valence-corrected chi connectivity index (χ0v) is 27.2. The Morgan fingerprint density at radius 1 is 0.907 bits per heavy atom. The molecule has 228 valence electrons. The van der Waals surface area contributed by atoms with Gasteiger partial charge in [0.15, 0.2) is 0 Å². The molecule has 8 heteroatoms. The third kappa shape index (κ3) is 7.11. The zero-order valence-electron chi connectivity index (χ0n) is 24.8. The quantitative estimate of drug-likeness (QED) is 0.288. The molecule has 3 saturated heterocycles. The summed E-state index contributed by atoms with van der Waals surface area (Å²) in [6.07, 6.45) is 3.18. The Kier molecular flexibility index (Phi) is 10.2. The highest BCUT2D eigenvalue weighted by Gasteiger charge is 2.48. The topological polar surface area (TPSA) is 53.1 Å². The molecule has 2 amide bonds. The Morgan fingerprint density at radius 3 is 2.35 bits per heavy atom. The molecule has 3 aliphatic rings. The summed E-state index contributed by atoms with van der Waals surface area (Å²) in [6.45, 7) is 5.88. The van der Waals surface area contributed by atoms with E-state index in [1.165, 1.54) is 11.1 Å². The fourth-order valence-electron chi connectivity index (χ4n) is 7.22. The number of hydrogen-bond donors (Lipinski definition) is 0. The Labute approximate surface area is 269 Å². The van der Waals surface area contributed by atoms with E-state index in [9.17, 15) is 9.59 Å². The molecule has 6 nitrogen and oxygen atoms in total. The van der Waals surface area contributed by atoms with Crippen LogP contribution in [-0.2, 0) is 22.6 Å². The number of carbonyl (C=O) groups is 2. The average molecular weight is 667 g/mol. The van der Waals surface area contributed by atoms with E-state index >= 15 is 0 Å². The van der Waals surface area contributed by atoms with Crippen molar-refractivity contribution in [3.8, 4) is 5.75 Å². The number of nitrogens with zero attached hydrogens (tertiary/aromatic N) is 3. The number of ether oxygens (including phenoxy) is 1. The van der Waals surface area contributed by atoms with E-state index in [0.29, 0.717) is 30.7 Å². The summed E-state index contributed by atoms with van der Waals surface area (Å²) in [5.41, 5.74) is 3.26. The van der Waals surface area contributed by atoms with Crippen molar-refractivity contribution in [3.63, 3.8) is 0 Å². The summed E-state index contributed by atoms with van der Waals surface area (Å²) in [5.74, 6) is 1.96. The molecular weight excluding hydrogens is 626 g/mol. The number of likely N-dealkylation sites (tertiary alicyclic amines) is 3. The third-order valence-corrected chi connectivity index (χ3v) is 10.2. The van der Waals surface area contributed by atoms with E-state index in [1.54, 1.807) is 7.11 Å². The maximum absolute atomic E-state index is 13.6. The van der Waals surface area contributed by atoms with Gasteiger partial charge >= 0.3 is 0 Å². The number of methoxy groups -OCH3 is 1.